The average Bonchev–Trinajstić information content (AvgIpc) is 3.53. The zero-order valence-electron chi connectivity index (χ0n) is 16.9. The van der Waals surface area contributed by atoms with Crippen LogP contribution in [0.25, 0.3) is 11.5 Å². The maximum Gasteiger partial charge on any atom is 0.276 e. The van der Waals surface area contributed by atoms with E-state index in [1.54, 1.807) is 31.3 Å². The maximum absolute atomic E-state index is 13.1. The quantitative estimate of drug-likeness (QED) is 0.545. The highest BCUT2D eigenvalue weighted by atomic mass is 16.2. The maximum atomic E-state index is 13.1. The standard InChI is InChI=1S/C21H20N8O2/c1-14-17(12-23-29(14)21-24-19(30)18-3-2-7-28(18)25-21)20(31)26-9-5-16(6-10-26)27-8-4-15(11-22)13-27/h2-4,7-8,12-13,16H,5-6,9-10H2,1H3,(H,24,25,30). The van der Waals surface area contributed by atoms with Crippen molar-refractivity contribution in [2.45, 2.75) is 25.8 Å². The van der Waals surface area contributed by atoms with Crippen LogP contribution in [-0.2, 0) is 0 Å². The van der Waals surface area contributed by atoms with E-state index in [0.717, 1.165) is 12.8 Å². The van der Waals surface area contributed by atoms with Crippen LogP contribution >= 0.6 is 0 Å². The molecule has 0 bridgehead atoms. The molecule has 1 amide bonds. The van der Waals surface area contributed by atoms with Crippen molar-refractivity contribution >= 4 is 11.4 Å². The number of aromatic nitrogens is 6. The van der Waals surface area contributed by atoms with Crippen molar-refractivity contribution in [2.24, 2.45) is 0 Å². The van der Waals surface area contributed by atoms with Crippen LogP contribution in [0.1, 0.15) is 40.5 Å². The molecule has 1 N–H and O–H groups in total. The zero-order valence-corrected chi connectivity index (χ0v) is 16.9. The number of carbonyl (C=O) groups is 1. The minimum Gasteiger partial charge on any atom is -0.350 e. The SMILES string of the molecule is Cc1c(C(=O)N2CCC(n3ccc(C#N)c3)CC2)cnn1-c1nn2cccc2c(=O)[nH]1. The van der Waals surface area contributed by atoms with Crippen LogP contribution in [0.4, 0.5) is 0 Å². The number of nitrogens with zero attached hydrogens (tertiary/aromatic N) is 7. The summed E-state index contributed by atoms with van der Waals surface area (Å²) in [7, 11) is 0. The molecule has 0 atom stereocenters. The number of rotatable bonds is 3. The van der Waals surface area contributed by atoms with E-state index in [0.29, 0.717) is 35.4 Å². The fraction of sp³-hybridized carbons (Fsp3) is 0.286. The van der Waals surface area contributed by atoms with E-state index in [2.05, 4.69) is 25.8 Å². The Morgan fingerprint density at radius 3 is 2.81 bits per heavy atom. The van der Waals surface area contributed by atoms with Gasteiger partial charge in [0, 0.05) is 37.7 Å². The second-order valence-corrected chi connectivity index (χ2v) is 7.65. The minimum absolute atomic E-state index is 0.0863. The number of H-pyrrole nitrogens is 1. The third-order valence-corrected chi connectivity index (χ3v) is 5.85. The Hall–Kier alpha value is -4.13. The topological polar surface area (TPSA) is 117 Å². The van der Waals surface area contributed by atoms with Gasteiger partial charge in [0.05, 0.1) is 23.0 Å². The summed E-state index contributed by atoms with van der Waals surface area (Å²) in [4.78, 5) is 29.9. The van der Waals surface area contributed by atoms with Crippen molar-refractivity contribution < 1.29 is 4.79 Å². The van der Waals surface area contributed by atoms with Crippen molar-refractivity contribution in [2.75, 3.05) is 13.1 Å². The molecule has 156 valence electrons. The monoisotopic (exact) mass is 416 g/mol. The molecule has 0 aromatic carbocycles. The summed E-state index contributed by atoms with van der Waals surface area (Å²) in [5, 5.41) is 17.7. The van der Waals surface area contributed by atoms with Crippen LogP contribution in [0, 0.1) is 18.3 Å². The summed E-state index contributed by atoms with van der Waals surface area (Å²) in [6.07, 6.45) is 8.62. The number of likely N-dealkylation sites (tertiary alicyclic amines) is 1. The number of nitrogens with one attached hydrogen (secondary N) is 1. The van der Waals surface area contributed by atoms with Gasteiger partial charge in [0.1, 0.15) is 11.6 Å². The van der Waals surface area contributed by atoms with E-state index in [1.807, 2.05) is 17.3 Å². The number of fused-ring (bicyclic) bond motifs is 1. The molecule has 1 saturated heterocycles. The number of nitriles is 1. The summed E-state index contributed by atoms with van der Waals surface area (Å²) in [6, 6.07) is 7.65. The van der Waals surface area contributed by atoms with Gasteiger partial charge in [0.25, 0.3) is 11.5 Å². The predicted molar refractivity (Wildman–Crippen MR) is 111 cm³/mol. The van der Waals surface area contributed by atoms with E-state index in [-0.39, 0.29) is 23.5 Å². The number of amides is 1. The number of hydrogen-bond donors (Lipinski definition) is 1. The Morgan fingerprint density at radius 2 is 2.06 bits per heavy atom. The fourth-order valence-electron chi connectivity index (χ4n) is 4.10. The van der Waals surface area contributed by atoms with Gasteiger partial charge in [-0.05, 0) is 38.0 Å². The lowest BCUT2D eigenvalue weighted by Crippen LogP contribution is -2.39. The molecule has 10 nitrogen and oxygen atoms in total. The van der Waals surface area contributed by atoms with Crippen molar-refractivity contribution in [1.82, 2.24) is 33.8 Å². The second-order valence-electron chi connectivity index (χ2n) is 7.65. The Balaban J connectivity index is 1.34. The van der Waals surface area contributed by atoms with E-state index in [4.69, 9.17) is 5.26 Å². The van der Waals surface area contributed by atoms with E-state index in [1.165, 1.54) is 15.4 Å². The summed E-state index contributed by atoms with van der Waals surface area (Å²) in [5.74, 6) is 0.168. The number of carbonyl (C=O) groups excluding carboxylic acids is 1. The number of aromatic amines is 1. The molecule has 10 heteroatoms. The second kappa shape index (κ2) is 7.28. The van der Waals surface area contributed by atoms with Crippen LogP contribution in [0.3, 0.4) is 0 Å². The Kier molecular flexibility index (Phi) is 4.43. The average molecular weight is 416 g/mol. The fourth-order valence-corrected chi connectivity index (χ4v) is 4.10. The minimum atomic E-state index is -0.274. The highest BCUT2D eigenvalue weighted by Crippen LogP contribution is 2.25. The highest BCUT2D eigenvalue weighted by molar-refractivity contribution is 5.95. The lowest BCUT2D eigenvalue weighted by molar-refractivity contribution is 0.0694. The van der Waals surface area contributed by atoms with Crippen molar-refractivity contribution in [3.8, 4) is 12.0 Å². The Labute approximate surface area is 176 Å². The largest absolute Gasteiger partial charge is 0.350 e. The molecule has 0 saturated carbocycles. The molecule has 0 radical (unpaired) electrons. The normalized spacial score (nSPS) is 14.8. The summed E-state index contributed by atoms with van der Waals surface area (Å²) in [6.45, 7) is 3.03. The molecule has 0 spiro atoms. The van der Waals surface area contributed by atoms with Gasteiger partial charge >= 0.3 is 0 Å². The molecule has 4 aromatic rings. The first-order chi connectivity index (χ1) is 15.0. The van der Waals surface area contributed by atoms with Crippen molar-refractivity contribution in [3.05, 3.63) is 70.2 Å². The zero-order chi connectivity index (χ0) is 21.5. The van der Waals surface area contributed by atoms with Gasteiger partial charge < -0.3 is 9.47 Å². The van der Waals surface area contributed by atoms with Gasteiger partial charge in [0.15, 0.2) is 0 Å². The van der Waals surface area contributed by atoms with Gasteiger partial charge in [0.2, 0.25) is 5.95 Å². The van der Waals surface area contributed by atoms with E-state index < -0.39 is 0 Å². The molecule has 0 aliphatic carbocycles. The van der Waals surface area contributed by atoms with Crippen LogP contribution in [0.15, 0.2) is 47.8 Å². The summed E-state index contributed by atoms with van der Waals surface area (Å²) < 4.78 is 5.02. The molecule has 5 heterocycles. The van der Waals surface area contributed by atoms with Crippen LogP contribution in [-0.4, -0.2) is 52.8 Å². The third-order valence-electron chi connectivity index (χ3n) is 5.85. The van der Waals surface area contributed by atoms with Crippen molar-refractivity contribution in [1.29, 1.82) is 5.26 Å². The van der Waals surface area contributed by atoms with E-state index >= 15 is 0 Å². The number of piperidine rings is 1. The third kappa shape index (κ3) is 3.20. The number of hydrogen-bond acceptors (Lipinski definition) is 5. The molecule has 5 rings (SSSR count). The first-order valence-electron chi connectivity index (χ1n) is 10.0. The Morgan fingerprint density at radius 1 is 1.26 bits per heavy atom. The molecular formula is C21H20N8O2. The first kappa shape index (κ1) is 18.9. The smallest absolute Gasteiger partial charge is 0.276 e. The lowest BCUT2D eigenvalue weighted by atomic mass is 10.0. The molecule has 1 aliphatic rings. The Bertz CT molecular complexity index is 1370. The van der Waals surface area contributed by atoms with Crippen LogP contribution in [0.5, 0.6) is 0 Å². The molecular weight excluding hydrogens is 396 g/mol. The summed E-state index contributed by atoms with van der Waals surface area (Å²) in [5.41, 5.74) is 1.92. The van der Waals surface area contributed by atoms with Gasteiger partial charge in [-0.1, -0.05) is 0 Å². The first-order valence-corrected chi connectivity index (χ1v) is 10.0. The molecule has 0 unspecified atom stereocenters. The van der Waals surface area contributed by atoms with Crippen molar-refractivity contribution in [3.63, 3.8) is 0 Å². The summed E-state index contributed by atoms with van der Waals surface area (Å²) >= 11 is 0. The molecule has 31 heavy (non-hydrogen) atoms. The van der Waals surface area contributed by atoms with Gasteiger partial charge in [-0.3, -0.25) is 14.6 Å². The predicted octanol–water partition coefficient (Wildman–Crippen LogP) is 1.67. The van der Waals surface area contributed by atoms with Gasteiger partial charge in [-0.25, -0.2) is 9.20 Å². The van der Waals surface area contributed by atoms with Crippen LogP contribution < -0.4 is 5.56 Å². The highest BCUT2D eigenvalue weighted by Gasteiger charge is 2.27. The van der Waals surface area contributed by atoms with E-state index in [9.17, 15) is 9.59 Å². The molecule has 1 fully saturated rings. The molecule has 4 aromatic heterocycles. The van der Waals surface area contributed by atoms with Gasteiger partial charge in [-0.15, -0.1) is 5.10 Å². The van der Waals surface area contributed by atoms with Crippen LogP contribution in [0.2, 0.25) is 0 Å². The lowest BCUT2D eigenvalue weighted by Gasteiger charge is -2.32. The molecule has 1 aliphatic heterocycles. The van der Waals surface area contributed by atoms with Gasteiger partial charge in [-0.2, -0.15) is 10.4 Å².